The highest BCUT2D eigenvalue weighted by atomic mass is 32.1. The van der Waals surface area contributed by atoms with Crippen molar-refractivity contribution in [2.75, 3.05) is 0 Å². The van der Waals surface area contributed by atoms with Gasteiger partial charge in [0, 0.05) is 5.38 Å². The molecule has 0 saturated carbocycles. The van der Waals surface area contributed by atoms with E-state index in [-0.39, 0.29) is 5.91 Å². The van der Waals surface area contributed by atoms with Crippen molar-refractivity contribution in [1.29, 1.82) is 0 Å². The van der Waals surface area contributed by atoms with Gasteiger partial charge < -0.3 is 9.73 Å². The Labute approximate surface area is 104 Å². The van der Waals surface area contributed by atoms with Gasteiger partial charge in [0.1, 0.15) is 11.3 Å². The molecule has 0 fully saturated rings. The molecule has 5 heteroatoms. The van der Waals surface area contributed by atoms with Crippen LogP contribution in [0.25, 0.3) is 0 Å². The van der Waals surface area contributed by atoms with Crippen LogP contribution in [0.5, 0.6) is 0 Å². The van der Waals surface area contributed by atoms with Gasteiger partial charge in [-0.3, -0.25) is 4.79 Å². The summed E-state index contributed by atoms with van der Waals surface area (Å²) in [5.41, 5.74) is 1.60. The lowest BCUT2D eigenvalue weighted by molar-refractivity contribution is 0.0950. The van der Waals surface area contributed by atoms with E-state index in [1.807, 2.05) is 5.38 Å². The molecule has 0 unspecified atom stereocenters. The predicted octanol–water partition coefficient (Wildman–Crippen LogP) is 2.79. The Hall–Kier alpha value is -1.62. The maximum absolute atomic E-state index is 11.6. The van der Waals surface area contributed by atoms with Crippen molar-refractivity contribution in [3.05, 3.63) is 40.2 Å². The Morgan fingerprint density at radius 3 is 3.00 bits per heavy atom. The van der Waals surface area contributed by atoms with Crippen LogP contribution in [0.15, 0.2) is 28.4 Å². The summed E-state index contributed by atoms with van der Waals surface area (Å²) >= 11 is 1.57. The van der Waals surface area contributed by atoms with E-state index < -0.39 is 0 Å². The smallest absolute Gasteiger partial charge is 0.254 e. The fourth-order valence-electron chi connectivity index (χ4n) is 1.32. The third kappa shape index (κ3) is 2.94. The number of nitrogens with zero attached hydrogens (tertiary/aromatic N) is 1. The number of furan rings is 1. The van der Waals surface area contributed by atoms with Crippen molar-refractivity contribution in [3.8, 4) is 0 Å². The van der Waals surface area contributed by atoms with Crippen LogP contribution in [0, 0.1) is 0 Å². The second-order valence-electron chi connectivity index (χ2n) is 4.02. The van der Waals surface area contributed by atoms with E-state index in [0.29, 0.717) is 18.0 Å². The molecule has 2 aromatic heterocycles. The zero-order valence-electron chi connectivity index (χ0n) is 9.77. The number of hydrogen-bond donors (Lipinski definition) is 1. The van der Waals surface area contributed by atoms with Gasteiger partial charge in [0.2, 0.25) is 0 Å². The quantitative estimate of drug-likeness (QED) is 0.907. The van der Waals surface area contributed by atoms with Crippen molar-refractivity contribution in [2.24, 2.45) is 0 Å². The monoisotopic (exact) mass is 250 g/mol. The molecule has 2 aromatic rings. The first-order valence-corrected chi connectivity index (χ1v) is 6.29. The first-order valence-electron chi connectivity index (χ1n) is 5.41. The van der Waals surface area contributed by atoms with E-state index in [9.17, 15) is 4.79 Å². The fourth-order valence-corrected chi connectivity index (χ4v) is 2.22. The first kappa shape index (κ1) is 11.9. The topological polar surface area (TPSA) is 55.1 Å². The third-order valence-electron chi connectivity index (χ3n) is 2.34. The number of hydrogen-bond acceptors (Lipinski definition) is 4. The van der Waals surface area contributed by atoms with Gasteiger partial charge in [0.25, 0.3) is 5.91 Å². The largest absolute Gasteiger partial charge is 0.472 e. The molecule has 0 saturated heterocycles. The van der Waals surface area contributed by atoms with Crippen LogP contribution in [-0.4, -0.2) is 10.9 Å². The van der Waals surface area contributed by atoms with E-state index in [1.165, 1.54) is 12.5 Å². The van der Waals surface area contributed by atoms with Crippen LogP contribution in [-0.2, 0) is 6.54 Å². The Morgan fingerprint density at radius 1 is 1.59 bits per heavy atom. The van der Waals surface area contributed by atoms with Gasteiger partial charge >= 0.3 is 0 Å². The molecule has 0 aliphatic heterocycles. The summed E-state index contributed by atoms with van der Waals surface area (Å²) in [6, 6.07) is 1.64. The molecule has 2 rings (SSSR count). The summed E-state index contributed by atoms with van der Waals surface area (Å²) in [5.74, 6) is 0.282. The van der Waals surface area contributed by atoms with Gasteiger partial charge in [0.15, 0.2) is 0 Å². The fraction of sp³-hybridized carbons (Fsp3) is 0.333. The van der Waals surface area contributed by atoms with Crippen molar-refractivity contribution < 1.29 is 9.21 Å². The molecular formula is C12H14N2O2S. The highest BCUT2D eigenvalue weighted by Gasteiger charge is 2.09. The van der Waals surface area contributed by atoms with Crippen molar-refractivity contribution in [3.63, 3.8) is 0 Å². The maximum Gasteiger partial charge on any atom is 0.254 e. The average molecular weight is 250 g/mol. The number of nitrogens with one attached hydrogen (secondary N) is 1. The Bertz CT molecular complexity index is 488. The van der Waals surface area contributed by atoms with Gasteiger partial charge in [-0.05, 0) is 12.0 Å². The van der Waals surface area contributed by atoms with Gasteiger partial charge in [-0.1, -0.05) is 13.8 Å². The van der Waals surface area contributed by atoms with E-state index in [0.717, 1.165) is 10.7 Å². The van der Waals surface area contributed by atoms with Crippen molar-refractivity contribution >= 4 is 17.2 Å². The van der Waals surface area contributed by atoms with Gasteiger partial charge in [-0.2, -0.15) is 0 Å². The van der Waals surface area contributed by atoms with Crippen LogP contribution < -0.4 is 5.32 Å². The van der Waals surface area contributed by atoms with Crippen LogP contribution in [0.2, 0.25) is 0 Å². The lowest BCUT2D eigenvalue weighted by Crippen LogP contribution is -2.22. The second kappa shape index (κ2) is 5.14. The molecule has 0 aromatic carbocycles. The number of aromatic nitrogens is 1. The molecule has 0 spiro atoms. The number of carbonyl (C=O) groups excluding carboxylic acids is 1. The minimum atomic E-state index is -0.139. The van der Waals surface area contributed by atoms with Crippen molar-refractivity contribution in [2.45, 2.75) is 26.3 Å². The normalized spacial score (nSPS) is 10.8. The standard InChI is InChI=1S/C12H14N2O2S/c1-8(2)10-7-17-11(14-10)5-13-12(15)9-3-4-16-6-9/h3-4,6-8H,5H2,1-2H3,(H,13,15). The highest BCUT2D eigenvalue weighted by Crippen LogP contribution is 2.17. The van der Waals surface area contributed by atoms with Crippen molar-refractivity contribution in [1.82, 2.24) is 10.3 Å². The molecule has 0 aliphatic carbocycles. The van der Waals surface area contributed by atoms with E-state index in [2.05, 4.69) is 24.1 Å². The van der Waals surface area contributed by atoms with E-state index in [4.69, 9.17) is 4.42 Å². The Kier molecular flexibility index (Phi) is 3.58. The van der Waals surface area contributed by atoms with Gasteiger partial charge in [0.05, 0.1) is 24.1 Å². The summed E-state index contributed by atoms with van der Waals surface area (Å²) in [4.78, 5) is 16.1. The molecule has 0 aliphatic rings. The predicted molar refractivity (Wildman–Crippen MR) is 66.1 cm³/mol. The molecule has 4 nitrogen and oxygen atoms in total. The molecule has 2 heterocycles. The molecule has 0 radical (unpaired) electrons. The highest BCUT2D eigenvalue weighted by molar-refractivity contribution is 7.09. The summed E-state index contributed by atoms with van der Waals surface area (Å²) in [7, 11) is 0. The minimum absolute atomic E-state index is 0.139. The summed E-state index contributed by atoms with van der Waals surface area (Å²) in [6.07, 6.45) is 2.91. The zero-order chi connectivity index (χ0) is 12.3. The molecule has 0 atom stereocenters. The summed E-state index contributed by atoms with van der Waals surface area (Å²) < 4.78 is 4.85. The molecule has 0 bridgehead atoms. The van der Waals surface area contributed by atoms with E-state index in [1.54, 1.807) is 17.4 Å². The summed E-state index contributed by atoms with van der Waals surface area (Å²) in [6.45, 7) is 4.66. The van der Waals surface area contributed by atoms with Crippen LogP contribution in [0.4, 0.5) is 0 Å². The SMILES string of the molecule is CC(C)c1csc(CNC(=O)c2ccoc2)n1. The third-order valence-corrected chi connectivity index (χ3v) is 3.21. The molecule has 90 valence electrons. The second-order valence-corrected chi connectivity index (χ2v) is 4.96. The average Bonchev–Trinajstić information content (AvgIpc) is 2.97. The number of thiazole rings is 1. The Balaban J connectivity index is 1.91. The number of rotatable bonds is 4. The van der Waals surface area contributed by atoms with Crippen LogP contribution >= 0.6 is 11.3 Å². The lowest BCUT2D eigenvalue weighted by atomic mass is 10.2. The van der Waals surface area contributed by atoms with Gasteiger partial charge in [-0.25, -0.2) is 4.98 Å². The minimum Gasteiger partial charge on any atom is -0.472 e. The zero-order valence-corrected chi connectivity index (χ0v) is 10.6. The van der Waals surface area contributed by atoms with Gasteiger partial charge in [-0.15, -0.1) is 11.3 Å². The van der Waals surface area contributed by atoms with E-state index >= 15 is 0 Å². The first-order chi connectivity index (χ1) is 8.16. The number of carbonyl (C=O) groups is 1. The maximum atomic E-state index is 11.6. The molecular weight excluding hydrogens is 236 g/mol. The number of amides is 1. The van der Waals surface area contributed by atoms with Crippen LogP contribution in [0.1, 0.15) is 40.8 Å². The molecule has 17 heavy (non-hydrogen) atoms. The van der Waals surface area contributed by atoms with Crippen LogP contribution in [0.3, 0.4) is 0 Å². The lowest BCUT2D eigenvalue weighted by Gasteiger charge is -2.00. The molecule has 1 amide bonds. The molecule has 1 N–H and O–H groups in total. The Morgan fingerprint density at radius 2 is 2.41 bits per heavy atom. The summed E-state index contributed by atoms with van der Waals surface area (Å²) in [5, 5.41) is 5.76.